The molecule has 0 aliphatic carbocycles. The third-order valence-electron chi connectivity index (χ3n) is 7.38. The maximum Gasteiger partial charge on any atom is 0.416 e. The molecule has 55 heavy (non-hydrogen) atoms. The van der Waals surface area contributed by atoms with Crippen LogP contribution < -0.4 is 15.4 Å². The molecule has 0 saturated heterocycles. The summed E-state index contributed by atoms with van der Waals surface area (Å²) in [6.45, 7) is 6.13. The molecule has 0 radical (unpaired) electrons. The van der Waals surface area contributed by atoms with Crippen molar-refractivity contribution < 1.29 is 40.6 Å². The quantitative estimate of drug-likeness (QED) is 0.116. The normalized spacial score (nSPS) is 11.7. The number of ether oxygens (including phenoxy) is 2. The number of para-hydroxylation sites is 1. The highest BCUT2D eigenvalue weighted by molar-refractivity contribution is 6.30. The van der Waals surface area contributed by atoms with Gasteiger partial charge in [0.25, 0.3) is 0 Å². The summed E-state index contributed by atoms with van der Waals surface area (Å²) in [5.41, 5.74) is 0.640. The molecule has 6 aromatic rings. The summed E-state index contributed by atoms with van der Waals surface area (Å²) in [6.07, 6.45) is -6.44. The van der Waals surface area contributed by atoms with Crippen LogP contribution in [0.2, 0.25) is 5.02 Å². The molecule has 0 spiro atoms. The van der Waals surface area contributed by atoms with Gasteiger partial charge in [-0.2, -0.15) is 26.3 Å². The minimum atomic E-state index is -4.41. The minimum absolute atomic E-state index is 0.212. The van der Waals surface area contributed by atoms with E-state index in [1.807, 2.05) is 24.3 Å². The van der Waals surface area contributed by atoms with Crippen molar-refractivity contribution in [2.24, 2.45) is 0 Å². The number of carbonyl (C=O) groups excluding carboxylic acids is 1. The number of hydrogen-bond acceptors (Lipinski definition) is 8. The Kier molecular flexibility index (Phi) is 12.4. The van der Waals surface area contributed by atoms with Crippen molar-refractivity contribution in [3.05, 3.63) is 126 Å². The molecule has 0 aliphatic rings. The van der Waals surface area contributed by atoms with Crippen molar-refractivity contribution in [2.45, 2.75) is 38.7 Å². The SMILES string of the molecule is CC(C)(C)OC(=O)NCCNc1ccc2cccc(Oc3cc(-c4ccc(C(F)(F)F)cc4)ncn3)c2n1.FC(F)(F)c1ccc(-c2cc(Cl)ccn2)cc1. The fourth-order valence-corrected chi connectivity index (χ4v) is 5.02. The van der Waals surface area contributed by atoms with Gasteiger partial charge in [-0.1, -0.05) is 48.0 Å². The van der Waals surface area contributed by atoms with Crippen LogP contribution in [0.4, 0.5) is 37.0 Å². The van der Waals surface area contributed by atoms with Crippen LogP contribution in [0.1, 0.15) is 31.9 Å². The minimum Gasteiger partial charge on any atom is -0.444 e. The fourth-order valence-electron chi connectivity index (χ4n) is 4.86. The molecule has 3 heterocycles. The Labute approximate surface area is 316 Å². The second-order valence-electron chi connectivity index (χ2n) is 12.7. The summed E-state index contributed by atoms with van der Waals surface area (Å²) in [4.78, 5) is 28.7. The molecule has 3 aromatic heterocycles. The van der Waals surface area contributed by atoms with Crippen molar-refractivity contribution in [1.82, 2.24) is 25.3 Å². The van der Waals surface area contributed by atoms with Gasteiger partial charge in [-0.25, -0.2) is 19.7 Å². The van der Waals surface area contributed by atoms with Gasteiger partial charge in [-0.3, -0.25) is 4.98 Å². The lowest BCUT2D eigenvalue weighted by Crippen LogP contribution is -2.35. The van der Waals surface area contributed by atoms with Crippen LogP contribution in [-0.2, 0) is 17.1 Å². The van der Waals surface area contributed by atoms with E-state index in [9.17, 15) is 31.1 Å². The smallest absolute Gasteiger partial charge is 0.416 e. The lowest BCUT2D eigenvalue weighted by atomic mass is 10.1. The molecule has 0 unspecified atom stereocenters. The Morgan fingerprint density at radius 3 is 1.93 bits per heavy atom. The number of alkyl carbamates (subject to hydrolysis) is 1. The van der Waals surface area contributed by atoms with E-state index >= 15 is 0 Å². The molecule has 0 saturated carbocycles. The molecular weight excluding hydrogens is 750 g/mol. The van der Waals surface area contributed by atoms with Crippen molar-refractivity contribution in [2.75, 3.05) is 18.4 Å². The second-order valence-corrected chi connectivity index (χ2v) is 13.2. The molecule has 6 rings (SSSR count). The van der Waals surface area contributed by atoms with E-state index < -0.39 is 35.2 Å². The fraction of sp³-hybridized carbons (Fsp3) is 0.205. The van der Waals surface area contributed by atoms with Gasteiger partial charge >= 0.3 is 18.4 Å². The Hall–Kier alpha value is -5.96. The highest BCUT2D eigenvalue weighted by atomic mass is 35.5. The predicted octanol–water partition coefficient (Wildman–Crippen LogP) is 10.9. The van der Waals surface area contributed by atoms with Crippen LogP contribution in [0, 0.1) is 0 Å². The van der Waals surface area contributed by atoms with Gasteiger partial charge in [0, 0.05) is 46.9 Å². The van der Waals surface area contributed by atoms with Crippen molar-refractivity contribution in [1.29, 1.82) is 0 Å². The first kappa shape index (κ1) is 40.2. The molecule has 0 aliphatic heterocycles. The van der Waals surface area contributed by atoms with Crippen molar-refractivity contribution in [3.63, 3.8) is 0 Å². The average Bonchev–Trinajstić information content (AvgIpc) is 3.13. The highest BCUT2D eigenvalue weighted by Gasteiger charge is 2.31. The second kappa shape index (κ2) is 17.0. The van der Waals surface area contributed by atoms with Crippen LogP contribution in [0.5, 0.6) is 11.6 Å². The number of fused-ring (bicyclic) bond motifs is 1. The van der Waals surface area contributed by atoms with E-state index in [4.69, 9.17) is 21.1 Å². The van der Waals surface area contributed by atoms with Gasteiger partial charge < -0.3 is 20.1 Å². The highest BCUT2D eigenvalue weighted by Crippen LogP contribution is 2.33. The maximum atomic E-state index is 12.9. The molecule has 2 N–H and O–H groups in total. The lowest BCUT2D eigenvalue weighted by molar-refractivity contribution is -0.138. The topological polar surface area (TPSA) is 111 Å². The molecule has 3 aromatic carbocycles. The lowest BCUT2D eigenvalue weighted by Gasteiger charge is -2.19. The van der Waals surface area contributed by atoms with E-state index in [0.29, 0.717) is 57.7 Å². The zero-order valence-electron chi connectivity index (χ0n) is 29.5. The summed E-state index contributed by atoms with van der Waals surface area (Å²) < 4.78 is 86.9. The molecule has 286 valence electrons. The van der Waals surface area contributed by atoms with Gasteiger partial charge in [0.15, 0.2) is 5.75 Å². The number of rotatable bonds is 8. The molecule has 0 atom stereocenters. The van der Waals surface area contributed by atoms with E-state index in [0.717, 1.165) is 29.7 Å². The molecule has 1 amide bonds. The van der Waals surface area contributed by atoms with Crippen LogP contribution in [0.25, 0.3) is 33.4 Å². The van der Waals surface area contributed by atoms with E-state index in [2.05, 4.69) is 30.6 Å². The number of benzene rings is 3. The van der Waals surface area contributed by atoms with Gasteiger partial charge in [-0.05, 0) is 75.4 Å². The third kappa shape index (κ3) is 11.8. The summed E-state index contributed by atoms with van der Waals surface area (Å²) in [7, 11) is 0. The van der Waals surface area contributed by atoms with Gasteiger partial charge in [0.05, 0.1) is 22.5 Å². The Morgan fingerprint density at radius 1 is 0.727 bits per heavy atom. The first-order valence-corrected chi connectivity index (χ1v) is 16.9. The van der Waals surface area contributed by atoms with Crippen molar-refractivity contribution >= 4 is 34.4 Å². The van der Waals surface area contributed by atoms with E-state index in [-0.39, 0.29) is 5.88 Å². The predicted molar refractivity (Wildman–Crippen MR) is 197 cm³/mol. The van der Waals surface area contributed by atoms with Gasteiger partial charge in [0.2, 0.25) is 5.88 Å². The van der Waals surface area contributed by atoms with Crippen LogP contribution in [0.3, 0.4) is 0 Å². The summed E-state index contributed by atoms with van der Waals surface area (Å²) in [5, 5.41) is 7.15. The number of aromatic nitrogens is 4. The third-order valence-corrected chi connectivity index (χ3v) is 7.61. The van der Waals surface area contributed by atoms with E-state index in [1.165, 1.54) is 36.8 Å². The van der Waals surface area contributed by atoms with Gasteiger partial charge in [-0.15, -0.1) is 0 Å². The number of amides is 1. The molecule has 16 heteroatoms. The number of pyridine rings is 2. The average molecular weight is 783 g/mol. The number of alkyl halides is 6. The van der Waals surface area contributed by atoms with Gasteiger partial charge in [0.1, 0.15) is 23.3 Å². The molecule has 0 fully saturated rings. The first-order valence-electron chi connectivity index (χ1n) is 16.5. The van der Waals surface area contributed by atoms with Crippen LogP contribution in [0.15, 0.2) is 110 Å². The van der Waals surface area contributed by atoms with E-state index in [1.54, 1.807) is 45.0 Å². The molecule has 0 bridgehead atoms. The zero-order valence-corrected chi connectivity index (χ0v) is 30.2. The Bertz CT molecular complexity index is 2230. The molecular formula is C39H33ClF6N6O3. The number of hydrogen-bond donors (Lipinski definition) is 2. The number of carbonyl (C=O) groups is 1. The summed E-state index contributed by atoms with van der Waals surface area (Å²) >= 11 is 5.78. The number of nitrogens with one attached hydrogen (secondary N) is 2. The Morgan fingerprint density at radius 2 is 1.35 bits per heavy atom. The van der Waals surface area contributed by atoms with Crippen molar-refractivity contribution in [3.8, 4) is 34.1 Å². The molecule has 9 nitrogen and oxygen atoms in total. The monoisotopic (exact) mass is 782 g/mol. The number of anilines is 1. The van der Waals surface area contributed by atoms with Crippen LogP contribution in [-0.4, -0.2) is 44.7 Å². The number of nitrogens with zero attached hydrogens (tertiary/aromatic N) is 4. The number of halogens is 7. The zero-order chi connectivity index (χ0) is 39.8. The first-order chi connectivity index (χ1) is 25.9. The standard InChI is InChI=1S/C27H26F3N5O3.C12H7ClF3N/c1-26(2,3)38-25(36)32-14-13-31-22-12-9-18-5-4-6-21(24(18)35-22)37-23-15-20(33-16-34-23)17-7-10-19(11-8-17)27(28,29)30;13-10-5-6-17-11(7-10)8-1-3-9(4-2-8)12(14,15)16/h4-12,15-16H,13-14H2,1-3H3,(H,31,35)(H,32,36);1-7H. The summed E-state index contributed by atoms with van der Waals surface area (Å²) in [5.74, 6) is 1.23. The Balaban J connectivity index is 0.000000284. The maximum absolute atomic E-state index is 12.9. The van der Waals surface area contributed by atoms with Crippen LogP contribution >= 0.6 is 11.6 Å². The largest absolute Gasteiger partial charge is 0.444 e. The summed E-state index contributed by atoms with van der Waals surface area (Å²) in [6, 6.07) is 23.4.